The molecule has 3 saturated carbocycles. The van der Waals surface area contributed by atoms with Gasteiger partial charge in [-0.1, -0.05) is 76.9 Å². The van der Waals surface area contributed by atoms with Gasteiger partial charge in [0.25, 0.3) is 0 Å². The summed E-state index contributed by atoms with van der Waals surface area (Å²) >= 11 is 0. The standard InChI is InChI=1S/C31H44O4/c1-21-11-12-26(30(4,5)25-9-7-6-8-10-25)27(13-21)35-28(32)16-22-14-23-17-31(18-24(23)15-22)33-19-29(2,3)20-34-31/h6-10,16,21,23-24,26-27H,11-15,17-20H2,1-5H3/t21-,23-,24+,26-,27-/m0/s1. The highest BCUT2D eigenvalue weighted by Crippen LogP contribution is 2.54. The fourth-order valence-electron chi connectivity index (χ4n) is 7.26. The highest BCUT2D eigenvalue weighted by atomic mass is 16.7. The first-order chi connectivity index (χ1) is 16.6. The van der Waals surface area contributed by atoms with Crippen LogP contribution in [-0.2, 0) is 24.4 Å². The van der Waals surface area contributed by atoms with Crippen LogP contribution in [0.4, 0.5) is 0 Å². The minimum absolute atomic E-state index is 0.0325. The van der Waals surface area contributed by atoms with E-state index in [2.05, 4.69) is 65.0 Å². The number of carbonyl (C=O) groups is 1. The lowest BCUT2D eigenvalue weighted by Gasteiger charge is -2.43. The van der Waals surface area contributed by atoms with Gasteiger partial charge in [0.2, 0.25) is 0 Å². The summed E-state index contributed by atoms with van der Waals surface area (Å²) in [6.45, 7) is 12.8. The quantitative estimate of drug-likeness (QED) is 0.350. The van der Waals surface area contributed by atoms with Crippen molar-refractivity contribution in [3.8, 4) is 0 Å². The SMILES string of the molecule is C[C@H]1CC[C@H](C(C)(C)c2ccccc2)[C@@H](OC(=O)C=C2C[C@@H]3CC4(C[C@@H]3C2)OCC(C)(C)CO4)C1. The summed E-state index contributed by atoms with van der Waals surface area (Å²) in [7, 11) is 0. The number of hydrogen-bond donors (Lipinski definition) is 0. The number of allylic oxidation sites excluding steroid dienone is 1. The Bertz CT molecular complexity index is 918. The van der Waals surface area contributed by atoms with Gasteiger partial charge in [0, 0.05) is 30.3 Å². The molecule has 0 radical (unpaired) electrons. The molecule has 0 aromatic heterocycles. The second kappa shape index (κ2) is 9.34. The Balaban J connectivity index is 1.21. The van der Waals surface area contributed by atoms with Crippen LogP contribution in [0.15, 0.2) is 42.0 Å². The maximum Gasteiger partial charge on any atom is 0.330 e. The summed E-state index contributed by atoms with van der Waals surface area (Å²) in [6, 6.07) is 10.7. The fourth-order valence-corrected chi connectivity index (χ4v) is 7.26. The minimum atomic E-state index is -0.384. The van der Waals surface area contributed by atoms with Crippen molar-refractivity contribution >= 4 is 5.97 Å². The predicted molar refractivity (Wildman–Crippen MR) is 138 cm³/mol. The smallest absolute Gasteiger partial charge is 0.330 e. The van der Waals surface area contributed by atoms with Crippen molar-refractivity contribution in [2.45, 2.75) is 96.9 Å². The van der Waals surface area contributed by atoms with Crippen molar-refractivity contribution in [3.05, 3.63) is 47.5 Å². The van der Waals surface area contributed by atoms with E-state index >= 15 is 0 Å². The molecule has 5 rings (SSSR count). The van der Waals surface area contributed by atoms with Gasteiger partial charge in [-0.3, -0.25) is 0 Å². The number of fused-ring (bicyclic) bond motifs is 1. The van der Waals surface area contributed by atoms with Crippen LogP contribution in [0.5, 0.6) is 0 Å². The van der Waals surface area contributed by atoms with Crippen LogP contribution < -0.4 is 0 Å². The molecule has 1 spiro atoms. The van der Waals surface area contributed by atoms with Gasteiger partial charge in [-0.05, 0) is 54.4 Å². The number of carbonyl (C=O) groups excluding carboxylic acids is 1. The van der Waals surface area contributed by atoms with Crippen LogP contribution in [-0.4, -0.2) is 31.1 Å². The monoisotopic (exact) mass is 480 g/mol. The Morgan fingerprint density at radius 3 is 2.29 bits per heavy atom. The van der Waals surface area contributed by atoms with Crippen LogP contribution in [0.25, 0.3) is 0 Å². The first-order valence-electron chi connectivity index (χ1n) is 13.8. The second-order valence-electron chi connectivity index (χ2n) is 13.4. The van der Waals surface area contributed by atoms with Crippen LogP contribution in [0.1, 0.15) is 85.1 Å². The summed E-state index contributed by atoms with van der Waals surface area (Å²) < 4.78 is 18.7. The van der Waals surface area contributed by atoms with Gasteiger partial charge in [0.05, 0.1) is 13.2 Å². The van der Waals surface area contributed by atoms with Gasteiger partial charge in [-0.25, -0.2) is 4.79 Å². The number of benzene rings is 1. The Hall–Kier alpha value is -1.65. The van der Waals surface area contributed by atoms with E-state index < -0.39 is 0 Å². The maximum atomic E-state index is 13.1. The molecule has 0 unspecified atom stereocenters. The first-order valence-corrected chi connectivity index (χ1v) is 13.8. The highest BCUT2D eigenvalue weighted by molar-refractivity contribution is 5.83. The van der Waals surface area contributed by atoms with Gasteiger partial charge in [0.1, 0.15) is 6.10 Å². The van der Waals surface area contributed by atoms with E-state index in [-0.39, 0.29) is 28.7 Å². The van der Waals surface area contributed by atoms with Gasteiger partial charge in [0.15, 0.2) is 5.79 Å². The third kappa shape index (κ3) is 5.25. The molecule has 4 nitrogen and oxygen atoms in total. The predicted octanol–water partition coefficient (Wildman–Crippen LogP) is 6.83. The molecule has 4 fully saturated rings. The van der Waals surface area contributed by atoms with Gasteiger partial charge < -0.3 is 14.2 Å². The Labute approximate surface area is 211 Å². The second-order valence-corrected chi connectivity index (χ2v) is 13.4. The number of hydrogen-bond acceptors (Lipinski definition) is 4. The van der Waals surface area contributed by atoms with Crippen LogP contribution in [0.3, 0.4) is 0 Å². The molecule has 192 valence electrons. The highest BCUT2D eigenvalue weighted by Gasteiger charge is 2.52. The van der Waals surface area contributed by atoms with E-state index in [1.165, 1.54) is 17.6 Å². The number of ether oxygens (including phenoxy) is 3. The van der Waals surface area contributed by atoms with Gasteiger partial charge in [-0.2, -0.15) is 0 Å². The van der Waals surface area contributed by atoms with Crippen molar-refractivity contribution in [2.24, 2.45) is 29.1 Å². The van der Waals surface area contributed by atoms with E-state index in [9.17, 15) is 4.79 Å². The third-order valence-corrected chi connectivity index (χ3v) is 9.40. The number of rotatable bonds is 4. The van der Waals surface area contributed by atoms with Crippen molar-refractivity contribution in [3.63, 3.8) is 0 Å². The summed E-state index contributed by atoms with van der Waals surface area (Å²) in [5, 5.41) is 0. The molecule has 0 bridgehead atoms. The molecule has 3 aliphatic carbocycles. The molecule has 4 aliphatic rings. The molecule has 4 heteroatoms. The van der Waals surface area contributed by atoms with E-state index in [0.29, 0.717) is 23.7 Å². The van der Waals surface area contributed by atoms with Gasteiger partial charge >= 0.3 is 5.97 Å². The van der Waals surface area contributed by atoms with Crippen LogP contribution in [0, 0.1) is 29.1 Å². The lowest BCUT2D eigenvalue weighted by atomic mass is 9.64. The molecule has 0 N–H and O–H groups in total. The zero-order chi connectivity index (χ0) is 24.8. The molecule has 1 aromatic rings. The molecule has 1 saturated heterocycles. The summed E-state index contributed by atoms with van der Waals surface area (Å²) in [6.07, 6.45) is 8.88. The van der Waals surface area contributed by atoms with E-state index in [4.69, 9.17) is 14.2 Å². The molecule has 1 aromatic carbocycles. The van der Waals surface area contributed by atoms with Crippen LogP contribution >= 0.6 is 0 Å². The Morgan fingerprint density at radius 2 is 1.66 bits per heavy atom. The Morgan fingerprint density at radius 1 is 1.03 bits per heavy atom. The first kappa shape index (κ1) is 25.0. The molecular weight excluding hydrogens is 436 g/mol. The summed E-state index contributed by atoms with van der Waals surface area (Å²) in [5.41, 5.74) is 2.64. The third-order valence-electron chi connectivity index (χ3n) is 9.40. The summed E-state index contributed by atoms with van der Waals surface area (Å²) in [5.74, 6) is 1.49. The van der Waals surface area contributed by atoms with Crippen LogP contribution in [0.2, 0.25) is 0 Å². The lowest BCUT2D eigenvalue weighted by Crippen LogP contribution is -2.46. The Kier molecular flexibility index (Phi) is 6.68. The van der Waals surface area contributed by atoms with E-state index in [1.54, 1.807) is 0 Å². The average molecular weight is 481 g/mol. The van der Waals surface area contributed by atoms with E-state index in [0.717, 1.165) is 51.7 Å². The molecule has 5 atom stereocenters. The van der Waals surface area contributed by atoms with Crippen molar-refractivity contribution in [1.29, 1.82) is 0 Å². The van der Waals surface area contributed by atoms with Crippen molar-refractivity contribution < 1.29 is 19.0 Å². The lowest BCUT2D eigenvalue weighted by molar-refractivity contribution is -0.297. The zero-order valence-electron chi connectivity index (χ0n) is 22.3. The fraction of sp³-hybridized carbons (Fsp3) is 0.710. The minimum Gasteiger partial charge on any atom is -0.459 e. The largest absolute Gasteiger partial charge is 0.459 e. The van der Waals surface area contributed by atoms with Gasteiger partial charge in [-0.15, -0.1) is 0 Å². The normalized spacial score (nSPS) is 35.2. The topological polar surface area (TPSA) is 44.8 Å². The molecule has 1 aliphatic heterocycles. The van der Waals surface area contributed by atoms with E-state index in [1.807, 2.05) is 6.08 Å². The molecule has 35 heavy (non-hydrogen) atoms. The average Bonchev–Trinajstić information content (AvgIpc) is 3.32. The summed E-state index contributed by atoms with van der Waals surface area (Å²) in [4.78, 5) is 13.1. The number of esters is 1. The zero-order valence-corrected chi connectivity index (χ0v) is 22.3. The maximum absolute atomic E-state index is 13.1. The molecule has 1 heterocycles. The van der Waals surface area contributed by atoms with Crippen molar-refractivity contribution in [1.82, 2.24) is 0 Å². The van der Waals surface area contributed by atoms with Crippen molar-refractivity contribution in [2.75, 3.05) is 13.2 Å². The molecular formula is C31H44O4. The molecule has 0 amide bonds.